The first kappa shape index (κ1) is 17.9. The number of methoxy groups -OCH3 is 1. The predicted octanol–water partition coefficient (Wildman–Crippen LogP) is 3.21. The van der Waals surface area contributed by atoms with Gasteiger partial charge in [0.05, 0.1) is 12.0 Å². The third-order valence-electron chi connectivity index (χ3n) is 5.04. The van der Waals surface area contributed by atoms with E-state index in [1.54, 1.807) is 34.8 Å². The second-order valence-corrected chi connectivity index (χ2v) is 8.58. The molecule has 0 unspecified atom stereocenters. The van der Waals surface area contributed by atoms with Crippen molar-refractivity contribution in [1.29, 1.82) is 0 Å². The van der Waals surface area contributed by atoms with Crippen LogP contribution in [0.25, 0.3) is 11.0 Å². The highest BCUT2D eigenvalue weighted by Gasteiger charge is 2.30. The molecule has 0 amide bonds. The number of aromatic nitrogens is 2. The van der Waals surface area contributed by atoms with E-state index in [9.17, 15) is 8.42 Å². The van der Waals surface area contributed by atoms with Crippen molar-refractivity contribution in [2.45, 2.75) is 23.7 Å². The zero-order valence-electron chi connectivity index (χ0n) is 15.1. The fourth-order valence-electron chi connectivity index (χ4n) is 3.50. The Morgan fingerprint density at radius 3 is 2.67 bits per heavy atom. The van der Waals surface area contributed by atoms with Crippen LogP contribution in [-0.2, 0) is 10.0 Å². The van der Waals surface area contributed by atoms with Crippen LogP contribution in [0.4, 0.5) is 0 Å². The Labute approximate surface area is 158 Å². The summed E-state index contributed by atoms with van der Waals surface area (Å²) in [5.74, 6) is 0.784. The van der Waals surface area contributed by atoms with Gasteiger partial charge in [-0.25, -0.2) is 18.4 Å². The van der Waals surface area contributed by atoms with Crippen molar-refractivity contribution < 1.29 is 13.2 Å². The molecule has 1 saturated heterocycles. The summed E-state index contributed by atoms with van der Waals surface area (Å²) < 4.78 is 32.5. The number of pyridine rings is 2. The van der Waals surface area contributed by atoms with Gasteiger partial charge in [-0.15, -0.1) is 0 Å². The smallest absolute Gasteiger partial charge is 0.243 e. The molecule has 0 spiro atoms. The number of rotatable bonds is 4. The summed E-state index contributed by atoms with van der Waals surface area (Å²) >= 11 is 0. The van der Waals surface area contributed by atoms with Gasteiger partial charge in [0.1, 0.15) is 5.75 Å². The summed E-state index contributed by atoms with van der Waals surface area (Å²) in [6.07, 6.45) is 3.23. The predicted molar refractivity (Wildman–Crippen MR) is 103 cm³/mol. The lowest BCUT2D eigenvalue weighted by atomic mass is 9.94. The number of ether oxygens (including phenoxy) is 1. The molecule has 0 atom stereocenters. The van der Waals surface area contributed by atoms with Crippen molar-refractivity contribution in [2.75, 3.05) is 20.2 Å². The van der Waals surface area contributed by atoms with Crippen molar-refractivity contribution in [3.8, 4) is 5.75 Å². The number of piperidine rings is 1. The monoisotopic (exact) mass is 383 g/mol. The topological polar surface area (TPSA) is 72.4 Å². The Bertz CT molecular complexity index is 1060. The Morgan fingerprint density at radius 2 is 1.89 bits per heavy atom. The number of fused-ring (bicyclic) bond motifs is 1. The van der Waals surface area contributed by atoms with E-state index in [1.807, 2.05) is 24.3 Å². The van der Waals surface area contributed by atoms with E-state index in [2.05, 4.69) is 9.97 Å². The minimum absolute atomic E-state index is 0.244. The van der Waals surface area contributed by atoms with Crippen LogP contribution in [0.2, 0.25) is 0 Å². The molecule has 0 aliphatic carbocycles. The van der Waals surface area contributed by atoms with E-state index in [-0.39, 0.29) is 10.8 Å². The third kappa shape index (κ3) is 3.52. The van der Waals surface area contributed by atoms with E-state index in [1.165, 1.54) is 7.11 Å². The van der Waals surface area contributed by atoms with Gasteiger partial charge in [-0.1, -0.05) is 6.07 Å². The molecule has 0 N–H and O–H groups in total. The van der Waals surface area contributed by atoms with Gasteiger partial charge in [-0.3, -0.25) is 0 Å². The number of hydrogen-bond acceptors (Lipinski definition) is 5. The van der Waals surface area contributed by atoms with Crippen LogP contribution >= 0.6 is 0 Å². The number of benzene rings is 1. The highest BCUT2D eigenvalue weighted by atomic mass is 32.2. The maximum absolute atomic E-state index is 12.9. The highest BCUT2D eigenvalue weighted by molar-refractivity contribution is 7.89. The highest BCUT2D eigenvalue weighted by Crippen LogP contribution is 2.31. The summed E-state index contributed by atoms with van der Waals surface area (Å²) in [6, 6.07) is 14.6. The van der Waals surface area contributed by atoms with E-state index >= 15 is 0 Å². The molecule has 4 rings (SSSR count). The lowest BCUT2D eigenvalue weighted by Gasteiger charge is -2.31. The third-order valence-corrected chi connectivity index (χ3v) is 6.93. The Balaban J connectivity index is 1.50. The second-order valence-electron chi connectivity index (χ2n) is 6.64. The molecule has 0 saturated carbocycles. The molecule has 0 radical (unpaired) electrons. The van der Waals surface area contributed by atoms with Crippen LogP contribution in [0.5, 0.6) is 5.75 Å². The first-order valence-corrected chi connectivity index (χ1v) is 10.4. The Morgan fingerprint density at radius 1 is 1.07 bits per heavy atom. The first-order chi connectivity index (χ1) is 13.1. The minimum Gasteiger partial charge on any atom is -0.497 e. The molecular weight excluding hydrogens is 362 g/mol. The molecule has 1 aliphatic rings. The van der Waals surface area contributed by atoms with Gasteiger partial charge in [-0.05, 0) is 49.2 Å². The lowest BCUT2D eigenvalue weighted by Crippen LogP contribution is -2.38. The van der Waals surface area contributed by atoms with Crippen LogP contribution in [-0.4, -0.2) is 42.9 Å². The second kappa shape index (κ2) is 7.25. The molecule has 0 bridgehead atoms. The summed E-state index contributed by atoms with van der Waals surface area (Å²) in [4.78, 5) is 9.26. The van der Waals surface area contributed by atoms with Crippen molar-refractivity contribution in [2.24, 2.45) is 0 Å². The molecule has 140 valence electrons. The van der Waals surface area contributed by atoms with Crippen LogP contribution in [0.3, 0.4) is 0 Å². The maximum atomic E-state index is 12.9. The molecule has 7 heteroatoms. The molecule has 3 aromatic rings. The molecular formula is C20H21N3O3S. The normalized spacial score (nSPS) is 16.5. The maximum Gasteiger partial charge on any atom is 0.243 e. The van der Waals surface area contributed by atoms with Gasteiger partial charge in [0.2, 0.25) is 10.0 Å². The Kier molecular flexibility index (Phi) is 4.80. The minimum atomic E-state index is -3.51. The number of sulfonamides is 1. The largest absolute Gasteiger partial charge is 0.497 e. The Hall–Kier alpha value is -2.51. The molecule has 3 heterocycles. The van der Waals surface area contributed by atoms with Crippen LogP contribution < -0.4 is 4.74 Å². The molecule has 1 fully saturated rings. The van der Waals surface area contributed by atoms with Crippen molar-refractivity contribution in [3.63, 3.8) is 0 Å². The van der Waals surface area contributed by atoms with Crippen molar-refractivity contribution in [3.05, 3.63) is 60.4 Å². The number of nitrogens with zero attached hydrogens (tertiary/aromatic N) is 3. The van der Waals surface area contributed by atoms with Gasteiger partial charge in [0.15, 0.2) is 5.65 Å². The van der Waals surface area contributed by atoms with Crippen LogP contribution in [0.1, 0.15) is 24.5 Å². The standard InChI is InChI=1S/C20H21N3O3S/c1-26-17-5-2-6-18(14-17)27(24,25)23-12-9-15(10-13-23)19-8-7-16-4-3-11-21-20(16)22-19/h2-8,11,14-15H,9-10,12-13H2,1H3. The van der Waals surface area contributed by atoms with Crippen molar-refractivity contribution in [1.82, 2.24) is 14.3 Å². The zero-order valence-corrected chi connectivity index (χ0v) is 15.9. The summed E-state index contributed by atoms with van der Waals surface area (Å²) in [6.45, 7) is 0.957. The molecule has 2 aromatic heterocycles. The average molecular weight is 383 g/mol. The SMILES string of the molecule is COc1cccc(S(=O)(=O)N2CCC(c3ccc4cccnc4n3)CC2)c1. The molecule has 1 aromatic carbocycles. The van der Waals surface area contributed by atoms with Gasteiger partial charge in [0.25, 0.3) is 0 Å². The summed E-state index contributed by atoms with van der Waals surface area (Å²) in [7, 11) is -1.98. The molecule has 6 nitrogen and oxygen atoms in total. The van der Waals surface area contributed by atoms with E-state index in [0.29, 0.717) is 18.8 Å². The average Bonchev–Trinajstić information content (AvgIpc) is 2.73. The van der Waals surface area contributed by atoms with E-state index in [0.717, 1.165) is 29.6 Å². The first-order valence-electron chi connectivity index (χ1n) is 8.94. The van der Waals surface area contributed by atoms with Gasteiger partial charge in [0, 0.05) is 42.4 Å². The van der Waals surface area contributed by atoms with E-state index in [4.69, 9.17) is 4.74 Å². The summed E-state index contributed by atoms with van der Waals surface area (Å²) in [5, 5.41) is 1.01. The van der Waals surface area contributed by atoms with Crippen LogP contribution in [0, 0.1) is 0 Å². The fraction of sp³-hybridized carbons (Fsp3) is 0.300. The summed E-state index contributed by atoms with van der Waals surface area (Å²) in [5.41, 5.74) is 1.72. The zero-order chi connectivity index (χ0) is 18.9. The molecule has 1 aliphatic heterocycles. The van der Waals surface area contributed by atoms with Crippen LogP contribution in [0.15, 0.2) is 59.6 Å². The van der Waals surface area contributed by atoms with Gasteiger partial charge in [-0.2, -0.15) is 4.31 Å². The number of hydrogen-bond donors (Lipinski definition) is 0. The van der Waals surface area contributed by atoms with Gasteiger partial charge < -0.3 is 4.74 Å². The lowest BCUT2D eigenvalue weighted by molar-refractivity contribution is 0.316. The van der Waals surface area contributed by atoms with E-state index < -0.39 is 10.0 Å². The van der Waals surface area contributed by atoms with Gasteiger partial charge >= 0.3 is 0 Å². The molecule has 27 heavy (non-hydrogen) atoms. The quantitative estimate of drug-likeness (QED) is 0.692. The van der Waals surface area contributed by atoms with Crippen molar-refractivity contribution >= 4 is 21.1 Å². The fourth-order valence-corrected chi connectivity index (χ4v) is 5.00.